The fraction of sp³-hybridized carbons (Fsp3) is 0.0769. The largest absolute Gasteiger partial charge is 0.365 e. The van der Waals surface area contributed by atoms with Gasteiger partial charge in [-0.25, -0.2) is 0 Å². The number of nitrogens with one attached hydrogen (secondary N) is 1. The van der Waals surface area contributed by atoms with Gasteiger partial charge in [-0.2, -0.15) is 9.78 Å². The van der Waals surface area contributed by atoms with Crippen LogP contribution in [0.5, 0.6) is 0 Å². The minimum Gasteiger partial charge on any atom is -0.365 e. The molecule has 0 aliphatic rings. The predicted molar refractivity (Wildman–Crippen MR) is 143 cm³/mol. The van der Waals surface area contributed by atoms with E-state index in [1.807, 2.05) is 30.3 Å². The van der Waals surface area contributed by atoms with Crippen LogP contribution in [0.25, 0.3) is 11.3 Å². The molecule has 0 fully saturated rings. The van der Waals surface area contributed by atoms with E-state index >= 15 is 0 Å². The normalized spacial score (nSPS) is 10.9. The molecule has 0 spiro atoms. The van der Waals surface area contributed by atoms with Crippen molar-refractivity contribution in [2.24, 2.45) is 0 Å². The van der Waals surface area contributed by atoms with E-state index in [1.165, 1.54) is 16.0 Å². The van der Waals surface area contributed by atoms with Crippen molar-refractivity contribution in [1.29, 1.82) is 0 Å². The standard InChI is InChI=1S/C26H19Cl2N5O2S/c27-21-9-2-1-7-19(21)26(35)33-24(30-15-18-10-11-23(28)36-18)14-22(31-33)20-8-5-13-32(25(20)34)16-17-6-3-4-12-29-17/h1-14,30H,15-16H2. The number of nitrogens with zero attached hydrogens (tertiary/aromatic N) is 4. The van der Waals surface area contributed by atoms with Gasteiger partial charge in [0.2, 0.25) is 0 Å². The molecular formula is C26H19Cl2N5O2S. The Bertz CT molecular complexity index is 1590. The number of halogens is 2. The average molecular weight is 536 g/mol. The van der Waals surface area contributed by atoms with Crippen molar-refractivity contribution < 1.29 is 4.79 Å². The van der Waals surface area contributed by atoms with E-state index in [2.05, 4.69) is 15.4 Å². The van der Waals surface area contributed by atoms with Crippen molar-refractivity contribution in [2.45, 2.75) is 13.1 Å². The summed E-state index contributed by atoms with van der Waals surface area (Å²) < 4.78 is 3.47. The highest BCUT2D eigenvalue weighted by atomic mass is 35.5. The second kappa shape index (κ2) is 10.5. The molecule has 5 rings (SSSR count). The number of pyridine rings is 2. The lowest BCUT2D eigenvalue weighted by atomic mass is 10.2. The summed E-state index contributed by atoms with van der Waals surface area (Å²) in [5, 5.41) is 8.08. The lowest BCUT2D eigenvalue weighted by molar-refractivity contribution is 0.0948. The molecule has 0 bridgehead atoms. The van der Waals surface area contributed by atoms with Gasteiger partial charge in [0, 0.05) is 23.3 Å². The van der Waals surface area contributed by atoms with Crippen LogP contribution in [-0.4, -0.2) is 25.2 Å². The fourth-order valence-corrected chi connectivity index (χ4v) is 4.93. The average Bonchev–Trinajstić information content (AvgIpc) is 3.50. The lowest BCUT2D eigenvalue weighted by Gasteiger charge is -2.09. The fourth-order valence-electron chi connectivity index (χ4n) is 3.69. The summed E-state index contributed by atoms with van der Waals surface area (Å²) in [6, 6.07) is 21.2. The van der Waals surface area contributed by atoms with Crippen LogP contribution in [0, 0.1) is 0 Å². The minimum atomic E-state index is -0.414. The number of hydrogen-bond donors (Lipinski definition) is 1. The van der Waals surface area contributed by atoms with Crippen LogP contribution >= 0.6 is 34.5 Å². The summed E-state index contributed by atoms with van der Waals surface area (Å²) in [5.41, 5.74) is 1.54. The van der Waals surface area contributed by atoms with E-state index in [4.69, 9.17) is 23.2 Å². The van der Waals surface area contributed by atoms with Crippen LogP contribution in [0.4, 0.5) is 5.82 Å². The van der Waals surface area contributed by atoms with E-state index in [9.17, 15) is 9.59 Å². The number of carbonyl (C=O) groups excluding carboxylic acids is 1. The van der Waals surface area contributed by atoms with E-state index in [0.717, 1.165) is 10.6 Å². The molecule has 0 atom stereocenters. The Morgan fingerprint density at radius 3 is 2.58 bits per heavy atom. The van der Waals surface area contributed by atoms with Crippen molar-refractivity contribution >= 4 is 46.3 Å². The van der Waals surface area contributed by atoms with E-state index in [1.54, 1.807) is 59.4 Å². The van der Waals surface area contributed by atoms with Gasteiger partial charge in [-0.1, -0.05) is 41.4 Å². The molecule has 0 amide bonds. The first-order chi connectivity index (χ1) is 17.5. The molecule has 1 N–H and O–H groups in total. The summed E-state index contributed by atoms with van der Waals surface area (Å²) >= 11 is 13.8. The Hall–Kier alpha value is -3.72. The number of rotatable bonds is 7. The Balaban J connectivity index is 1.53. The van der Waals surface area contributed by atoms with Gasteiger partial charge in [0.05, 0.1) is 39.3 Å². The number of benzene rings is 1. The second-order valence-corrected chi connectivity index (χ2v) is 10.1. The summed E-state index contributed by atoms with van der Waals surface area (Å²) in [6.07, 6.45) is 3.39. The summed E-state index contributed by atoms with van der Waals surface area (Å²) in [4.78, 5) is 32.0. The zero-order valence-corrected chi connectivity index (χ0v) is 21.1. The van der Waals surface area contributed by atoms with Crippen LogP contribution in [-0.2, 0) is 13.1 Å². The molecule has 5 aromatic rings. The number of hydrogen-bond acceptors (Lipinski definition) is 6. The molecule has 0 aliphatic carbocycles. The molecule has 0 radical (unpaired) electrons. The Morgan fingerprint density at radius 2 is 1.83 bits per heavy atom. The second-order valence-electron chi connectivity index (χ2n) is 7.85. The van der Waals surface area contributed by atoms with Gasteiger partial charge in [-0.3, -0.25) is 14.6 Å². The quantitative estimate of drug-likeness (QED) is 0.283. The summed E-state index contributed by atoms with van der Waals surface area (Å²) in [7, 11) is 0. The maximum atomic E-state index is 13.4. The zero-order chi connectivity index (χ0) is 25.1. The Labute approximate surface area is 220 Å². The van der Waals surface area contributed by atoms with Gasteiger partial charge in [0.25, 0.3) is 11.5 Å². The van der Waals surface area contributed by atoms with Crippen LogP contribution < -0.4 is 10.9 Å². The molecule has 0 saturated heterocycles. The monoisotopic (exact) mass is 535 g/mol. The van der Waals surface area contributed by atoms with Crippen LogP contribution in [0.1, 0.15) is 20.9 Å². The maximum absolute atomic E-state index is 13.4. The molecule has 4 aromatic heterocycles. The molecule has 0 aliphatic heterocycles. The lowest BCUT2D eigenvalue weighted by Crippen LogP contribution is -2.22. The van der Waals surface area contributed by atoms with Crippen molar-refractivity contribution in [2.75, 3.05) is 5.32 Å². The molecule has 1 aromatic carbocycles. The highest BCUT2D eigenvalue weighted by molar-refractivity contribution is 7.16. The first kappa shape index (κ1) is 24.0. The maximum Gasteiger partial charge on any atom is 0.281 e. The molecule has 0 saturated carbocycles. The first-order valence-corrected chi connectivity index (χ1v) is 12.5. The molecular weight excluding hydrogens is 517 g/mol. The highest BCUT2D eigenvalue weighted by Crippen LogP contribution is 2.26. The third kappa shape index (κ3) is 5.11. The van der Waals surface area contributed by atoms with Gasteiger partial charge in [-0.15, -0.1) is 11.3 Å². The van der Waals surface area contributed by atoms with Gasteiger partial charge in [0.1, 0.15) is 11.5 Å². The number of thiophene rings is 1. The van der Waals surface area contributed by atoms with Crippen molar-refractivity contribution in [3.05, 3.63) is 121 Å². The SMILES string of the molecule is O=C(c1ccccc1Cl)n1nc(-c2cccn(Cc3ccccn3)c2=O)cc1NCc1ccc(Cl)s1. The van der Waals surface area contributed by atoms with Gasteiger partial charge in [0.15, 0.2) is 0 Å². The minimum absolute atomic E-state index is 0.241. The van der Waals surface area contributed by atoms with Gasteiger partial charge in [-0.05, 0) is 48.5 Å². The Morgan fingerprint density at radius 1 is 1.00 bits per heavy atom. The summed E-state index contributed by atoms with van der Waals surface area (Å²) in [6.45, 7) is 0.744. The van der Waals surface area contributed by atoms with Crippen LogP contribution in [0.15, 0.2) is 90.0 Å². The smallest absolute Gasteiger partial charge is 0.281 e. The predicted octanol–water partition coefficient (Wildman–Crippen LogP) is 5.82. The Kier molecular flexibility index (Phi) is 6.99. The zero-order valence-electron chi connectivity index (χ0n) is 18.8. The van der Waals surface area contributed by atoms with Gasteiger partial charge < -0.3 is 9.88 Å². The third-order valence-electron chi connectivity index (χ3n) is 5.43. The van der Waals surface area contributed by atoms with Crippen LogP contribution in [0.3, 0.4) is 0 Å². The topological polar surface area (TPSA) is 81.8 Å². The van der Waals surface area contributed by atoms with Crippen molar-refractivity contribution in [1.82, 2.24) is 19.3 Å². The van der Waals surface area contributed by atoms with Crippen molar-refractivity contribution in [3.8, 4) is 11.3 Å². The highest BCUT2D eigenvalue weighted by Gasteiger charge is 2.21. The number of anilines is 1. The van der Waals surface area contributed by atoms with Crippen LogP contribution in [0.2, 0.25) is 9.36 Å². The number of aromatic nitrogens is 4. The van der Waals surface area contributed by atoms with Gasteiger partial charge >= 0.3 is 0 Å². The number of carbonyl (C=O) groups is 1. The van der Waals surface area contributed by atoms with E-state index < -0.39 is 5.91 Å². The van der Waals surface area contributed by atoms with Crippen molar-refractivity contribution in [3.63, 3.8) is 0 Å². The first-order valence-electron chi connectivity index (χ1n) is 11.0. The third-order valence-corrected chi connectivity index (χ3v) is 6.99. The summed E-state index contributed by atoms with van der Waals surface area (Å²) in [5.74, 6) is 0.0160. The molecule has 7 nitrogen and oxygen atoms in total. The molecule has 10 heteroatoms. The molecule has 0 unspecified atom stereocenters. The molecule has 4 heterocycles. The van der Waals surface area contributed by atoms with E-state index in [-0.39, 0.29) is 5.56 Å². The molecule has 36 heavy (non-hydrogen) atoms. The van der Waals surface area contributed by atoms with E-state index in [0.29, 0.717) is 45.1 Å². The molecule has 180 valence electrons.